The number of nitrogens with two attached hydrogens (primary N) is 2. The number of aryl methyl sites for hydroxylation is 1. The summed E-state index contributed by atoms with van der Waals surface area (Å²) in [5, 5.41) is 3.11. The van der Waals surface area contributed by atoms with E-state index in [1.165, 1.54) is 0 Å². The lowest BCUT2D eigenvalue weighted by atomic mass is 10.0. The number of hydrogen-bond donors (Lipinski definition) is 3. The van der Waals surface area contributed by atoms with Crippen LogP contribution < -0.4 is 16.8 Å². The van der Waals surface area contributed by atoms with E-state index in [0.29, 0.717) is 23.5 Å². The normalized spacial score (nSPS) is 11.5. The Kier molecular flexibility index (Phi) is 6.70. The van der Waals surface area contributed by atoms with Gasteiger partial charge in [0.05, 0.1) is 18.0 Å². The van der Waals surface area contributed by atoms with E-state index in [1.54, 1.807) is 0 Å². The van der Waals surface area contributed by atoms with Crippen molar-refractivity contribution in [3.8, 4) is 0 Å². The first-order chi connectivity index (χ1) is 13.2. The molecule has 1 atom stereocenters. The van der Waals surface area contributed by atoms with Crippen molar-refractivity contribution < 1.29 is 14.3 Å². The van der Waals surface area contributed by atoms with Crippen LogP contribution >= 0.6 is 0 Å². The molecule has 0 spiro atoms. The number of benzene rings is 1. The van der Waals surface area contributed by atoms with Gasteiger partial charge in [-0.1, -0.05) is 32.6 Å². The van der Waals surface area contributed by atoms with Gasteiger partial charge in [-0.05, 0) is 36.6 Å². The van der Waals surface area contributed by atoms with Gasteiger partial charge in [0.25, 0.3) is 5.91 Å². The van der Waals surface area contributed by atoms with Crippen molar-refractivity contribution in [2.75, 3.05) is 11.9 Å². The fraction of sp³-hybridized carbons (Fsp3) is 0.300. The summed E-state index contributed by atoms with van der Waals surface area (Å²) in [7, 11) is 0. The maximum atomic E-state index is 11.9. The van der Waals surface area contributed by atoms with Crippen molar-refractivity contribution in [1.29, 1.82) is 0 Å². The minimum atomic E-state index is -0.814. The molecule has 0 fully saturated rings. The van der Waals surface area contributed by atoms with Gasteiger partial charge in [0.15, 0.2) is 11.5 Å². The Labute approximate surface area is 164 Å². The minimum absolute atomic E-state index is 0.0654. The fourth-order valence-corrected chi connectivity index (χ4v) is 2.68. The van der Waals surface area contributed by atoms with Gasteiger partial charge in [0.1, 0.15) is 0 Å². The zero-order valence-electron chi connectivity index (χ0n) is 16.3. The first-order valence-corrected chi connectivity index (χ1v) is 8.88. The quantitative estimate of drug-likeness (QED) is 0.641. The highest BCUT2D eigenvalue weighted by Crippen LogP contribution is 2.25. The largest absolute Gasteiger partial charge is 0.449 e. The second-order valence-electron chi connectivity index (χ2n) is 6.50. The van der Waals surface area contributed by atoms with E-state index in [9.17, 15) is 9.59 Å². The first kappa shape index (κ1) is 20.9. The number of anilines is 2. The van der Waals surface area contributed by atoms with Gasteiger partial charge in [-0.2, -0.15) is 0 Å². The smallest absolute Gasteiger partial charge is 0.404 e. The molecule has 2 amide bonds. The Balaban J connectivity index is 2.38. The predicted molar refractivity (Wildman–Crippen MR) is 108 cm³/mol. The van der Waals surface area contributed by atoms with E-state index in [4.69, 9.17) is 16.2 Å². The van der Waals surface area contributed by atoms with E-state index in [0.717, 1.165) is 11.1 Å². The van der Waals surface area contributed by atoms with Crippen molar-refractivity contribution in [2.45, 2.75) is 33.1 Å². The van der Waals surface area contributed by atoms with E-state index in [-0.39, 0.29) is 24.0 Å². The molecule has 8 nitrogen and oxygen atoms in total. The molecule has 0 radical (unpaired) electrons. The van der Waals surface area contributed by atoms with E-state index in [1.807, 2.05) is 45.0 Å². The maximum Gasteiger partial charge on any atom is 0.404 e. The standard InChI is InChI=1S/C20H25N5O3/c1-5-15-16(11(2)3)25-19(17(24-15)18(21)26)23-14-8-6-7-13(9-14)12(4)10-28-20(22)27/h6-9,12H,2,5,10H2,1,3-4H3,(H2,21,26)(H2,22,27)(H,23,25)/t12-/m0/s1. The van der Waals surface area contributed by atoms with Gasteiger partial charge in [-0.15, -0.1) is 0 Å². The topological polar surface area (TPSA) is 133 Å². The van der Waals surface area contributed by atoms with Crippen LogP contribution in [0.4, 0.5) is 16.3 Å². The molecule has 1 heterocycles. The summed E-state index contributed by atoms with van der Waals surface area (Å²) in [4.78, 5) is 31.6. The van der Waals surface area contributed by atoms with Crippen molar-refractivity contribution in [3.63, 3.8) is 0 Å². The number of carbonyl (C=O) groups is 2. The lowest BCUT2D eigenvalue weighted by Crippen LogP contribution is -2.19. The Morgan fingerprint density at radius 2 is 1.96 bits per heavy atom. The second kappa shape index (κ2) is 8.98. The lowest BCUT2D eigenvalue weighted by molar-refractivity contribution is 0.0995. The number of hydrogen-bond acceptors (Lipinski definition) is 6. The summed E-state index contributed by atoms with van der Waals surface area (Å²) in [5.74, 6) is -0.470. The molecule has 0 aliphatic carbocycles. The van der Waals surface area contributed by atoms with Crippen LogP contribution in [0.5, 0.6) is 0 Å². The zero-order chi connectivity index (χ0) is 20.8. The van der Waals surface area contributed by atoms with Crippen molar-refractivity contribution in [1.82, 2.24) is 9.97 Å². The third kappa shape index (κ3) is 5.06. The van der Waals surface area contributed by atoms with Crippen LogP contribution in [0.1, 0.15) is 54.1 Å². The van der Waals surface area contributed by atoms with Gasteiger partial charge in [0, 0.05) is 11.6 Å². The van der Waals surface area contributed by atoms with Gasteiger partial charge >= 0.3 is 6.09 Å². The van der Waals surface area contributed by atoms with Crippen molar-refractivity contribution in [3.05, 3.63) is 53.5 Å². The van der Waals surface area contributed by atoms with E-state index in [2.05, 4.69) is 21.9 Å². The molecule has 0 saturated heterocycles. The number of primary amides is 2. The number of rotatable bonds is 8. The molecular formula is C20H25N5O3. The van der Waals surface area contributed by atoms with E-state index >= 15 is 0 Å². The van der Waals surface area contributed by atoms with Crippen molar-refractivity contribution in [2.24, 2.45) is 11.5 Å². The molecule has 2 rings (SSSR count). The molecule has 2 aromatic rings. The Bertz CT molecular complexity index is 911. The van der Waals surface area contributed by atoms with Crippen LogP contribution in [0.2, 0.25) is 0 Å². The maximum absolute atomic E-state index is 11.9. The highest BCUT2D eigenvalue weighted by Gasteiger charge is 2.18. The third-order valence-corrected chi connectivity index (χ3v) is 4.13. The summed E-state index contributed by atoms with van der Waals surface area (Å²) in [6.07, 6.45) is -0.214. The van der Waals surface area contributed by atoms with Gasteiger partial charge < -0.3 is 21.5 Å². The number of aromatic nitrogens is 2. The van der Waals surface area contributed by atoms with Crippen LogP contribution in [0.3, 0.4) is 0 Å². The van der Waals surface area contributed by atoms with E-state index < -0.39 is 12.0 Å². The molecule has 148 valence electrons. The molecule has 5 N–H and O–H groups in total. The lowest BCUT2D eigenvalue weighted by Gasteiger charge is -2.16. The number of nitrogens with one attached hydrogen (secondary N) is 1. The summed E-state index contributed by atoms with van der Waals surface area (Å²) < 4.78 is 4.86. The molecule has 0 bridgehead atoms. The minimum Gasteiger partial charge on any atom is -0.449 e. The Morgan fingerprint density at radius 1 is 1.25 bits per heavy atom. The van der Waals surface area contributed by atoms with Crippen molar-refractivity contribution >= 4 is 29.1 Å². The molecule has 0 saturated carbocycles. The zero-order valence-corrected chi connectivity index (χ0v) is 16.3. The molecule has 0 unspecified atom stereocenters. The van der Waals surface area contributed by atoms with Crippen LogP contribution in [0.25, 0.3) is 5.57 Å². The van der Waals surface area contributed by atoms with Crippen LogP contribution in [0, 0.1) is 0 Å². The Hall–Kier alpha value is -3.42. The fourth-order valence-electron chi connectivity index (χ4n) is 2.68. The highest BCUT2D eigenvalue weighted by atomic mass is 16.5. The number of amides is 2. The number of ether oxygens (including phenoxy) is 1. The summed E-state index contributed by atoms with van der Waals surface area (Å²) in [6.45, 7) is 9.76. The molecule has 8 heteroatoms. The monoisotopic (exact) mass is 383 g/mol. The molecule has 0 aliphatic heterocycles. The molecule has 28 heavy (non-hydrogen) atoms. The van der Waals surface area contributed by atoms with Gasteiger partial charge in [-0.3, -0.25) is 4.79 Å². The summed E-state index contributed by atoms with van der Waals surface area (Å²) in [5.41, 5.74) is 14.2. The average molecular weight is 383 g/mol. The number of nitrogens with zero attached hydrogens (tertiary/aromatic N) is 2. The second-order valence-corrected chi connectivity index (χ2v) is 6.50. The summed E-state index contributed by atoms with van der Waals surface area (Å²) in [6, 6.07) is 7.44. The highest BCUT2D eigenvalue weighted by molar-refractivity contribution is 5.96. The molecule has 0 aliphatic rings. The Morgan fingerprint density at radius 3 is 2.54 bits per heavy atom. The third-order valence-electron chi connectivity index (χ3n) is 4.13. The summed E-state index contributed by atoms with van der Waals surface area (Å²) >= 11 is 0. The van der Waals surface area contributed by atoms with Crippen LogP contribution in [0.15, 0.2) is 30.8 Å². The average Bonchev–Trinajstić information content (AvgIpc) is 2.65. The molecule has 1 aromatic carbocycles. The first-order valence-electron chi connectivity index (χ1n) is 8.88. The number of carbonyl (C=O) groups excluding carboxylic acids is 2. The van der Waals surface area contributed by atoms with Gasteiger partial charge in [0.2, 0.25) is 0 Å². The van der Waals surface area contributed by atoms with Gasteiger partial charge in [-0.25, -0.2) is 14.8 Å². The predicted octanol–water partition coefficient (Wildman–Crippen LogP) is 3.11. The van der Waals surface area contributed by atoms with Crippen LogP contribution in [-0.2, 0) is 11.2 Å². The molecular weight excluding hydrogens is 358 g/mol. The SMILES string of the molecule is C=C(C)c1nc(Nc2cccc([C@@H](C)COC(N)=O)c2)c(C(N)=O)nc1CC. The van der Waals surface area contributed by atoms with Crippen LogP contribution in [-0.4, -0.2) is 28.6 Å². The molecule has 1 aromatic heterocycles. The number of allylic oxidation sites excluding steroid dienone is 1.